The molecule has 0 spiro atoms. The molecule has 0 aliphatic carbocycles. The Kier molecular flexibility index (Phi) is 5.35. The summed E-state index contributed by atoms with van der Waals surface area (Å²) in [6.07, 6.45) is 1.88. The van der Waals surface area contributed by atoms with Crippen molar-refractivity contribution in [3.63, 3.8) is 0 Å². The fourth-order valence-corrected chi connectivity index (χ4v) is 4.80. The maximum Gasteiger partial charge on any atom is 0.289 e. The highest BCUT2D eigenvalue weighted by Gasteiger charge is 2.27. The Hall–Kier alpha value is -3.49. The lowest BCUT2D eigenvalue weighted by atomic mass is 9.91. The quantitative estimate of drug-likeness (QED) is 0.345. The fourth-order valence-electron chi connectivity index (χ4n) is 3.58. The maximum absolute atomic E-state index is 12.9. The van der Waals surface area contributed by atoms with E-state index in [-0.39, 0.29) is 17.4 Å². The van der Waals surface area contributed by atoms with Crippen LogP contribution in [-0.2, 0) is 10.0 Å². The summed E-state index contributed by atoms with van der Waals surface area (Å²) in [6, 6.07) is 22.7. The highest BCUT2D eigenvalue weighted by atomic mass is 32.2. The summed E-state index contributed by atoms with van der Waals surface area (Å²) in [5.74, 6) is -0.278. The summed E-state index contributed by atoms with van der Waals surface area (Å²) >= 11 is 0. The van der Waals surface area contributed by atoms with Crippen molar-refractivity contribution in [2.75, 3.05) is 6.54 Å². The lowest BCUT2D eigenvalue weighted by Gasteiger charge is -2.18. The van der Waals surface area contributed by atoms with Gasteiger partial charge in [-0.15, -0.1) is 0 Å². The molecule has 1 atom stereocenters. The number of H-pyrrole nitrogens is 1. The minimum Gasteiger partial charge on any atom is -0.361 e. The van der Waals surface area contributed by atoms with Gasteiger partial charge in [0.25, 0.3) is 5.69 Å². The maximum atomic E-state index is 12.9. The van der Waals surface area contributed by atoms with Crippen molar-refractivity contribution in [3.8, 4) is 0 Å². The number of hydrogen-bond acceptors (Lipinski definition) is 4. The largest absolute Gasteiger partial charge is 0.361 e. The Morgan fingerprint density at radius 2 is 1.60 bits per heavy atom. The van der Waals surface area contributed by atoms with E-state index in [0.29, 0.717) is 0 Å². The first kappa shape index (κ1) is 19.8. The Morgan fingerprint density at radius 3 is 2.37 bits per heavy atom. The first-order valence-corrected chi connectivity index (χ1v) is 10.8. The molecule has 0 fully saturated rings. The number of hydrogen-bond donors (Lipinski definition) is 2. The molecule has 152 valence electrons. The number of nitrogens with zero attached hydrogens (tertiary/aromatic N) is 1. The van der Waals surface area contributed by atoms with Gasteiger partial charge in [-0.05, 0) is 23.3 Å². The monoisotopic (exact) mass is 421 g/mol. The zero-order valence-electron chi connectivity index (χ0n) is 15.9. The average molecular weight is 421 g/mol. The second kappa shape index (κ2) is 8.10. The molecule has 0 amide bonds. The number of fused-ring (bicyclic) bond motifs is 1. The van der Waals surface area contributed by atoms with Crippen molar-refractivity contribution in [2.45, 2.75) is 10.8 Å². The topological polar surface area (TPSA) is 105 Å². The molecule has 4 rings (SSSR count). The predicted molar refractivity (Wildman–Crippen MR) is 115 cm³/mol. The van der Waals surface area contributed by atoms with Gasteiger partial charge >= 0.3 is 0 Å². The number of aromatic amines is 1. The predicted octanol–water partition coefficient (Wildman–Crippen LogP) is 4.19. The number of para-hydroxylation sites is 2. The molecule has 0 saturated carbocycles. The number of rotatable bonds is 7. The molecule has 8 heteroatoms. The summed E-state index contributed by atoms with van der Waals surface area (Å²) in [5.41, 5.74) is 2.39. The third-order valence-corrected chi connectivity index (χ3v) is 6.50. The van der Waals surface area contributed by atoms with E-state index in [2.05, 4.69) is 9.71 Å². The van der Waals surface area contributed by atoms with Crippen LogP contribution in [0.5, 0.6) is 0 Å². The second-order valence-corrected chi connectivity index (χ2v) is 8.56. The Bertz CT molecular complexity index is 1300. The first-order valence-electron chi connectivity index (χ1n) is 9.31. The molecule has 1 aromatic heterocycles. The van der Waals surface area contributed by atoms with Crippen molar-refractivity contribution in [2.24, 2.45) is 0 Å². The minimum absolute atomic E-state index is 0.0558. The molecule has 0 aliphatic rings. The molecular weight excluding hydrogens is 402 g/mol. The van der Waals surface area contributed by atoms with Crippen LogP contribution in [0.4, 0.5) is 5.69 Å². The van der Waals surface area contributed by atoms with Gasteiger partial charge in [0, 0.05) is 35.6 Å². The van der Waals surface area contributed by atoms with E-state index in [0.717, 1.165) is 22.0 Å². The lowest BCUT2D eigenvalue weighted by Crippen LogP contribution is -2.29. The molecule has 0 aliphatic heterocycles. The van der Waals surface area contributed by atoms with Gasteiger partial charge in [-0.2, -0.15) is 0 Å². The number of aromatic nitrogens is 1. The standard InChI is InChI=1S/C22H19N3O4S/c26-25(27)21-12-6-7-13-22(21)30(28,29)24-15-18(16-8-2-1-3-9-16)19-14-23-20-11-5-4-10-17(19)20/h1-14,18,23-24H,15H2. The van der Waals surface area contributed by atoms with Crippen molar-refractivity contribution in [3.05, 3.63) is 106 Å². The van der Waals surface area contributed by atoms with Crippen molar-refractivity contribution in [1.29, 1.82) is 0 Å². The molecule has 30 heavy (non-hydrogen) atoms. The summed E-state index contributed by atoms with van der Waals surface area (Å²) in [6.45, 7) is 0.0558. The zero-order valence-corrected chi connectivity index (χ0v) is 16.7. The highest BCUT2D eigenvalue weighted by molar-refractivity contribution is 7.89. The van der Waals surface area contributed by atoms with Crippen molar-refractivity contribution in [1.82, 2.24) is 9.71 Å². The summed E-state index contributed by atoms with van der Waals surface area (Å²) in [7, 11) is -4.09. The lowest BCUT2D eigenvalue weighted by molar-refractivity contribution is -0.387. The average Bonchev–Trinajstić information content (AvgIpc) is 3.19. The van der Waals surface area contributed by atoms with Crippen LogP contribution in [0.25, 0.3) is 10.9 Å². The van der Waals surface area contributed by atoms with Crippen molar-refractivity contribution >= 4 is 26.6 Å². The molecule has 7 nitrogen and oxygen atoms in total. The first-order chi connectivity index (χ1) is 14.5. The molecule has 0 radical (unpaired) electrons. The van der Waals surface area contributed by atoms with E-state index < -0.39 is 20.6 Å². The zero-order chi connectivity index (χ0) is 21.1. The molecular formula is C22H19N3O4S. The van der Waals surface area contributed by atoms with Gasteiger partial charge in [0.2, 0.25) is 10.0 Å². The van der Waals surface area contributed by atoms with Crippen LogP contribution in [-0.4, -0.2) is 24.9 Å². The third-order valence-electron chi connectivity index (χ3n) is 5.03. The summed E-state index contributed by atoms with van der Waals surface area (Å²) < 4.78 is 28.4. The molecule has 3 aromatic carbocycles. The van der Waals surface area contributed by atoms with E-state index in [1.54, 1.807) is 0 Å². The third kappa shape index (κ3) is 3.83. The van der Waals surface area contributed by atoms with Gasteiger partial charge in [0.15, 0.2) is 4.90 Å². The minimum atomic E-state index is -4.09. The van der Waals surface area contributed by atoms with E-state index in [1.807, 2.05) is 60.8 Å². The van der Waals surface area contributed by atoms with Crippen LogP contribution in [0.15, 0.2) is 90.0 Å². The van der Waals surface area contributed by atoms with E-state index in [1.165, 1.54) is 24.3 Å². The van der Waals surface area contributed by atoms with Crippen LogP contribution in [0.1, 0.15) is 17.0 Å². The number of sulfonamides is 1. The smallest absolute Gasteiger partial charge is 0.289 e. The van der Waals surface area contributed by atoms with Crippen LogP contribution in [0, 0.1) is 10.1 Å². The Balaban J connectivity index is 1.71. The normalized spacial score (nSPS) is 12.7. The van der Waals surface area contributed by atoms with Gasteiger partial charge in [0.05, 0.1) is 4.92 Å². The van der Waals surface area contributed by atoms with Gasteiger partial charge < -0.3 is 4.98 Å². The number of benzene rings is 3. The Morgan fingerprint density at radius 1 is 0.933 bits per heavy atom. The van der Waals surface area contributed by atoms with Crippen LogP contribution >= 0.6 is 0 Å². The van der Waals surface area contributed by atoms with Gasteiger partial charge in [-0.25, -0.2) is 13.1 Å². The van der Waals surface area contributed by atoms with E-state index in [4.69, 9.17) is 0 Å². The summed E-state index contributed by atoms with van der Waals surface area (Å²) in [5, 5.41) is 12.3. The van der Waals surface area contributed by atoms with Gasteiger partial charge in [0.1, 0.15) is 0 Å². The number of nitrogens with one attached hydrogen (secondary N) is 2. The molecule has 0 bridgehead atoms. The van der Waals surface area contributed by atoms with Crippen LogP contribution in [0.2, 0.25) is 0 Å². The molecule has 0 saturated heterocycles. The van der Waals surface area contributed by atoms with Gasteiger partial charge in [-0.3, -0.25) is 10.1 Å². The molecule has 4 aromatic rings. The molecule has 1 heterocycles. The highest BCUT2D eigenvalue weighted by Crippen LogP contribution is 2.31. The molecule has 2 N–H and O–H groups in total. The van der Waals surface area contributed by atoms with E-state index in [9.17, 15) is 18.5 Å². The fraction of sp³-hybridized carbons (Fsp3) is 0.0909. The number of nitro groups is 1. The summed E-state index contributed by atoms with van der Waals surface area (Å²) in [4.78, 5) is 13.5. The SMILES string of the molecule is O=[N+]([O-])c1ccccc1S(=O)(=O)NCC(c1ccccc1)c1c[nH]c2ccccc12. The van der Waals surface area contributed by atoms with Crippen molar-refractivity contribution < 1.29 is 13.3 Å². The van der Waals surface area contributed by atoms with Crippen LogP contribution in [0.3, 0.4) is 0 Å². The second-order valence-electron chi connectivity index (χ2n) is 6.83. The Labute approximate surface area is 173 Å². The van der Waals surface area contributed by atoms with E-state index >= 15 is 0 Å². The van der Waals surface area contributed by atoms with Gasteiger partial charge in [-0.1, -0.05) is 60.7 Å². The number of nitro benzene ring substituents is 1. The molecule has 1 unspecified atom stereocenters. The van der Waals surface area contributed by atoms with Crippen LogP contribution < -0.4 is 4.72 Å².